The van der Waals surface area contributed by atoms with Crippen LogP contribution in [0.5, 0.6) is 5.75 Å². The smallest absolute Gasteiger partial charge is 0.338 e. The number of para-hydroxylation sites is 1. The summed E-state index contributed by atoms with van der Waals surface area (Å²) in [4.78, 5) is 12.5. The molecule has 2 aromatic carbocycles. The standard InChI is InChI=1S/C24H30O4/c1-3-27-24(26)23(19(2)16-17-25)21-14-7-8-15-22(21)28-18-10-9-13-20-11-5-4-6-12-20/h4-8,11-12,14-15,25H,3,9-10,13,16-18H2,1-2H3/b23-19+. The summed E-state index contributed by atoms with van der Waals surface area (Å²) in [7, 11) is 0. The lowest BCUT2D eigenvalue weighted by Gasteiger charge is -2.16. The fourth-order valence-electron chi connectivity index (χ4n) is 3.07. The Morgan fingerprint density at radius 3 is 2.43 bits per heavy atom. The first-order valence-electron chi connectivity index (χ1n) is 9.91. The van der Waals surface area contributed by atoms with E-state index in [0.717, 1.165) is 30.4 Å². The average Bonchev–Trinajstić information content (AvgIpc) is 2.70. The van der Waals surface area contributed by atoms with Crippen LogP contribution in [0.4, 0.5) is 0 Å². The van der Waals surface area contributed by atoms with Crippen molar-refractivity contribution < 1.29 is 19.4 Å². The van der Waals surface area contributed by atoms with Gasteiger partial charge in [-0.25, -0.2) is 4.79 Å². The third-order valence-corrected chi connectivity index (χ3v) is 4.51. The molecule has 4 nitrogen and oxygen atoms in total. The third-order valence-electron chi connectivity index (χ3n) is 4.51. The van der Waals surface area contributed by atoms with Crippen LogP contribution in [0.2, 0.25) is 0 Å². The van der Waals surface area contributed by atoms with Crippen molar-refractivity contribution in [3.8, 4) is 5.75 Å². The molecule has 0 saturated heterocycles. The molecular formula is C24H30O4. The van der Waals surface area contributed by atoms with Gasteiger partial charge in [0.05, 0.1) is 18.8 Å². The van der Waals surface area contributed by atoms with E-state index < -0.39 is 0 Å². The third kappa shape index (κ3) is 6.54. The topological polar surface area (TPSA) is 55.8 Å². The van der Waals surface area contributed by atoms with Crippen LogP contribution in [0.25, 0.3) is 5.57 Å². The number of esters is 1. The first-order chi connectivity index (χ1) is 13.7. The fourth-order valence-corrected chi connectivity index (χ4v) is 3.07. The van der Waals surface area contributed by atoms with E-state index in [-0.39, 0.29) is 12.6 Å². The van der Waals surface area contributed by atoms with E-state index in [2.05, 4.69) is 24.3 Å². The highest BCUT2D eigenvalue weighted by atomic mass is 16.5. The maximum absolute atomic E-state index is 12.5. The first-order valence-corrected chi connectivity index (χ1v) is 9.91. The summed E-state index contributed by atoms with van der Waals surface area (Å²) in [6.07, 6.45) is 3.41. The Morgan fingerprint density at radius 2 is 1.71 bits per heavy atom. The highest BCUT2D eigenvalue weighted by Gasteiger charge is 2.20. The van der Waals surface area contributed by atoms with E-state index in [1.165, 1.54) is 5.56 Å². The van der Waals surface area contributed by atoms with Crippen LogP contribution in [0, 0.1) is 0 Å². The zero-order valence-corrected chi connectivity index (χ0v) is 16.8. The van der Waals surface area contributed by atoms with E-state index in [4.69, 9.17) is 9.47 Å². The zero-order valence-electron chi connectivity index (χ0n) is 16.8. The van der Waals surface area contributed by atoms with Crippen LogP contribution >= 0.6 is 0 Å². The van der Waals surface area contributed by atoms with Crippen molar-refractivity contribution in [2.75, 3.05) is 19.8 Å². The zero-order chi connectivity index (χ0) is 20.2. The number of aliphatic hydroxyl groups is 1. The van der Waals surface area contributed by atoms with Crippen LogP contribution < -0.4 is 4.74 Å². The summed E-state index contributed by atoms with van der Waals surface area (Å²) in [6, 6.07) is 17.9. The molecule has 28 heavy (non-hydrogen) atoms. The van der Waals surface area contributed by atoms with Crippen LogP contribution in [0.3, 0.4) is 0 Å². The van der Waals surface area contributed by atoms with Crippen molar-refractivity contribution in [2.24, 2.45) is 0 Å². The molecule has 0 heterocycles. The van der Waals surface area contributed by atoms with Gasteiger partial charge in [-0.1, -0.05) is 54.1 Å². The lowest BCUT2D eigenvalue weighted by Crippen LogP contribution is -2.11. The number of hydrogen-bond acceptors (Lipinski definition) is 4. The van der Waals surface area contributed by atoms with Crippen molar-refractivity contribution in [1.29, 1.82) is 0 Å². The maximum atomic E-state index is 12.5. The summed E-state index contributed by atoms with van der Waals surface area (Å²) in [5.74, 6) is 0.288. The number of ether oxygens (including phenoxy) is 2. The number of unbranched alkanes of at least 4 members (excludes halogenated alkanes) is 1. The molecule has 150 valence electrons. The minimum Gasteiger partial charge on any atom is -0.493 e. The highest BCUT2D eigenvalue weighted by molar-refractivity contribution is 6.18. The second kappa shape index (κ2) is 12.0. The minimum absolute atomic E-state index is 0.0166. The Hall–Kier alpha value is -2.59. The molecule has 0 fully saturated rings. The lowest BCUT2D eigenvalue weighted by atomic mass is 9.98. The SMILES string of the molecule is CCOC(=O)/C(=C(\C)CCO)c1ccccc1OCCCCc1ccccc1. The van der Waals surface area contributed by atoms with Crippen molar-refractivity contribution in [2.45, 2.75) is 39.5 Å². The molecule has 1 N–H and O–H groups in total. The first kappa shape index (κ1) is 21.7. The number of carbonyl (C=O) groups is 1. The van der Waals surface area contributed by atoms with Crippen molar-refractivity contribution in [3.63, 3.8) is 0 Å². The van der Waals surface area contributed by atoms with Gasteiger partial charge in [-0.3, -0.25) is 0 Å². The molecule has 0 aliphatic rings. The number of hydrogen-bond donors (Lipinski definition) is 1. The highest BCUT2D eigenvalue weighted by Crippen LogP contribution is 2.30. The predicted octanol–water partition coefficient (Wildman–Crippen LogP) is 4.81. The van der Waals surface area contributed by atoms with Gasteiger partial charge >= 0.3 is 5.97 Å². The Labute approximate surface area is 167 Å². The largest absolute Gasteiger partial charge is 0.493 e. The Balaban J connectivity index is 2.05. The molecule has 0 amide bonds. The van der Waals surface area contributed by atoms with E-state index in [1.54, 1.807) is 6.92 Å². The number of aryl methyl sites for hydroxylation is 1. The van der Waals surface area contributed by atoms with Gasteiger partial charge in [0.1, 0.15) is 5.75 Å². The molecule has 2 aromatic rings. The number of benzene rings is 2. The lowest BCUT2D eigenvalue weighted by molar-refractivity contribution is -0.136. The molecule has 4 heteroatoms. The number of carbonyl (C=O) groups excluding carboxylic acids is 1. The van der Waals surface area contributed by atoms with E-state index in [0.29, 0.717) is 31.0 Å². The Kier molecular flexibility index (Phi) is 9.29. The maximum Gasteiger partial charge on any atom is 0.338 e. The van der Waals surface area contributed by atoms with Crippen molar-refractivity contribution in [3.05, 3.63) is 71.3 Å². The predicted molar refractivity (Wildman–Crippen MR) is 112 cm³/mol. The summed E-state index contributed by atoms with van der Waals surface area (Å²) in [5.41, 5.74) is 3.32. The molecule has 0 atom stereocenters. The quantitative estimate of drug-likeness (QED) is 0.344. The molecule has 0 aromatic heterocycles. The van der Waals surface area contributed by atoms with E-state index >= 15 is 0 Å². The molecular weight excluding hydrogens is 352 g/mol. The van der Waals surface area contributed by atoms with Gasteiger partial charge in [0.25, 0.3) is 0 Å². The fraction of sp³-hybridized carbons (Fsp3) is 0.375. The molecule has 0 aliphatic heterocycles. The molecule has 0 saturated carbocycles. The van der Waals surface area contributed by atoms with Gasteiger partial charge in [-0.15, -0.1) is 0 Å². The summed E-state index contributed by atoms with van der Waals surface area (Å²) in [5, 5.41) is 9.29. The van der Waals surface area contributed by atoms with Crippen molar-refractivity contribution >= 4 is 11.5 Å². The minimum atomic E-state index is -0.381. The van der Waals surface area contributed by atoms with Gasteiger partial charge in [-0.05, 0) is 51.2 Å². The second-order valence-electron chi connectivity index (χ2n) is 6.64. The Morgan fingerprint density at radius 1 is 1.00 bits per heavy atom. The number of aliphatic hydroxyl groups excluding tert-OH is 1. The van der Waals surface area contributed by atoms with Crippen molar-refractivity contribution in [1.82, 2.24) is 0 Å². The van der Waals surface area contributed by atoms with Crippen LogP contribution in [0.1, 0.15) is 44.2 Å². The van der Waals surface area contributed by atoms with Gasteiger partial charge in [0.2, 0.25) is 0 Å². The molecule has 0 bridgehead atoms. The normalized spacial score (nSPS) is 11.7. The van der Waals surface area contributed by atoms with Gasteiger partial charge in [-0.2, -0.15) is 0 Å². The van der Waals surface area contributed by atoms with Gasteiger partial charge in [0, 0.05) is 12.2 Å². The monoisotopic (exact) mass is 382 g/mol. The van der Waals surface area contributed by atoms with Crippen LogP contribution in [-0.2, 0) is 16.0 Å². The van der Waals surface area contributed by atoms with Crippen LogP contribution in [-0.4, -0.2) is 30.9 Å². The van der Waals surface area contributed by atoms with Gasteiger partial charge < -0.3 is 14.6 Å². The average molecular weight is 383 g/mol. The van der Waals surface area contributed by atoms with Crippen LogP contribution in [0.15, 0.2) is 60.2 Å². The van der Waals surface area contributed by atoms with Gasteiger partial charge in [0.15, 0.2) is 0 Å². The molecule has 2 rings (SSSR count). The summed E-state index contributed by atoms with van der Waals surface area (Å²) < 4.78 is 11.2. The summed E-state index contributed by atoms with van der Waals surface area (Å²) in [6.45, 7) is 4.50. The molecule has 0 radical (unpaired) electrons. The Bertz CT molecular complexity index is 765. The molecule has 0 spiro atoms. The van der Waals surface area contributed by atoms with E-state index in [1.807, 2.05) is 37.3 Å². The molecule has 0 aliphatic carbocycles. The summed E-state index contributed by atoms with van der Waals surface area (Å²) >= 11 is 0. The molecule has 0 unspecified atom stereocenters. The second-order valence-corrected chi connectivity index (χ2v) is 6.64. The van der Waals surface area contributed by atoms with E-state index in [9.17, 15) is 9.90 Å². The number of rotatable bonds is 11.